The summed E-state index contributed by atoms with van der Waals surface area (Å²) in [6.45, 7) is 3.63. The number of benzene rings is 1. The fraction of sp³-hybridized carbons (Fsp3) is 0.100. The Morgan fingerprint density at radius 2 is 2.21 bits per heavy atom. The van der Waals surface area contributed by atoms with E-state index in [1.807, 2.05) is 0 Å². The molecule has 74 valence electrons. The summed E-state index contributed by atoms with van der Waals surface area (Å²) in [4.78, 5) is 11.2. The highest BCUT2D eigenvalue weighted by atomic mass is 79.9. The lowest BCUT2D eigenvalue weighted by molar-refractivity contribution is -0.133. The van der Waals surface area contributed by atoms with Gasteiger partial charge in [-0.15, -0.1) is 0 Å². The van der Waals surface area contributed by atoms with E-state index in [9.17, 15) is 4.79 Å². The van der Waals surface area contributed by atoms with Gasteiger partial charge in [0, 0.05) is 15.1 Å². The topological polar surface area (TPSA) is 26.3 Å². The number of methoxy groups -OCH3 is 1. The van der Waals surface area contributed by atoms with Gasteiger partial charge < -0.3 is 4.74 Å². The van der Waals surface area contributed by atoms with Crippen molar-refractivity contribution in [2.24, 2.45) is 0 Å². The molecular formula is C10H8BrClO2. The monoisotopic (exact) mass is 274 g/mol. The number of carbonyl (C=O) groups is 1. The highest BCUT2D eigenvalue weighted by molar-refractivity contribution is 9.10. The number of esters is 1. The van der Waals surface area contributed by atoms with E-state index in [0.29, 0.717) is 10.6 Å². The van der Waals surface area contributed by atoms with Crippen LogP contribution in [0.5, 0.6) is 0 Å². The van der Waals surface area contributed by atoms with Gasteiger partial charge >= 0.3 is 5.97 Å². The zero-order valence-corrected chi connectivity index (χ0v) is 9.85. The minimum Gasteiger partial charge on any atom is -0.465 e. The molecule has 0 N–H and O–H groups in total. The Balaban J connectivity index is 3.12. The fourth-order valence-corrected chi connectivity index (χ4v) is 1.62. The number of hydrogen-bond acceptors (Lipinski definition) is 2. The van der Waals surface area contributed by atoms with Crippen LogP contribution in [0.15, 0.2) is 29.3 Å². The molecule has 0 radical (unpaired) electrons. The summed E-state index contributed by atoms with van der Waals surface area (Å²) >= 11 is 9.10. The number of rotatable bonds is 2. The lowest BCUT2D eigenvalue weighted by Gasteiger charge is -2.06. The van der Waals surface area contributed by atoms with Gasteiger partial charge in [0.15, 0.2) is 0 Å². The predicted molar refractivity (Wildman–Crippen MR) is 60.2 cm³/mol. The third kappa shape index (κ3) is 2.36. The molecule has 0 bridgehead atoms. The smallest absolute Gasteiger partial charge is 0.337 e. The molecule has 0 aromatic heterocycles. The molecule has 0 fully saturated rings. The fourth-order valence-electron chi connectivity index (χ4n) is 0.962. The van der Waals surface area contributed by atoms with Crippen LogP contribution in [-0.4, -0.2) is 13.1 Å². The van der Waals surface area contributed by atoms with Crippen LogP contribution in [0.2, 0.25) is 5.02 Å². The largest absolute Gasteiger partial charge is 0.465 e. The normalized spacial score (nSPS) is 9.64. The second-order valence-electron chi connectivity index (χ2n) is 2.59. The van der Waals surface area contributed by atoms with Gasteiger partial charge in [-0.1, -0.05) is 34.1 Å². The first-order valence-electron chi connectivity index (χ1n) is 3.79. The second-order valence-corrected chi connectivity index (χ2v) is 3.89. The van der Waals surface area contributed by atoms with E-state index in [1.54, 1.807) is 18.2 Å². The molecule has 0 unspecified atom stereocenters. The molecule has 0 atom stereocenters. The molecule has 1 rings (SSSR count). The molecule has 0 amide bonds. The zero-order valence-electron chi connectivity index (χ0n) is 7.51. The van der Waals surface area contributed by atoms with Crippen molar-refractivity contribution in [2.45, 2.75) is 0 Å². The molecule has 0 spiro atoms. The average Bonchev–Trinajstić information content (AvgIpc) is 2.19. The maximum atomic E-state index is 11.2. The third-order valence-electron chi connectivity index (χ3n) is 1.69. The Morgan fingerprint density at radius 1 is 1.57 bits per heavy atom. The molecule has 0 aliphatic heterocycles. The summed E-state index contributed by atoms with van der Waals surface area (Å²) in [5.74, 6) is -0.465. The maximum Gasteiger partial charge on any atom is 0.337 e. The molecule has 14 heavy (non-hydrogen) atoms. The molecule has 1 aromatic rings. The summed E-state index contributed by atoms with van der Waals surface area (Å²) in [5, 5.41) is 0.549. The van der Waals surface area contributed by atoms with Crippen LogP contribution in [0, 0.1) is 0 Å². The lowest BCUT2D eigenvalue weighted by Crippen LogP contribution is -2.03. The van der Waals surface area contributed by atoms with Gasteiger partial charge in [-0.25, -0.2) is 4.79 Å². The van der Waals surface area contributed by atoms with Crippen molar-refractivity contribution in [3.8, 4) is 0 Å². The second kappa shape index (κ2) is 4.62. The van der Waals surface area contributed by atoms with Crippen LogP contribution in [-0.2, 0) is 9.53 Å². The summed E-state index contributed by atoms with van der Waals surface area (Å²) in [6.07, 6.45) is 0. The van der Waals surface area contributed by atoms with Gasteiger partial charge in [-0.3, -0.25) is 0 Å². The van der Waals surface area contributed by atoms with Gasteiger partial charge in [0.2, 0.25) is 0 Å². The van der Waals surface area contributed by atoms with Crippen LogP contribution in [0.25, 0.3) is 5.57 Å². The van der Waals surface area contributed by atoms with Gasteiger partial charge in [-0.05, 0) is 18.2 Å². The van der Waals surface area contributed by atoms with E-state index in [0.717, 1.165) is 4.47 Å². The molecule has 0 saturated carbocycles. The predicted octanol–water partition coefficient (Wildman–Crippen LogP) is 3.29. The van der Waals surface area contributed by atoms with Crippen molar-refractivity contribution in [3.63, 3.8) is 0 Å². The van der Waals surface area contributed by atoms with Crippen molar-refractivity contribution in [2.75, 3.05) is 7.11 Å². The zero-order chi connectivity index (χ0) is 10.7. The molecule has 0 aliphatic carbocycles. The summed E-state index contributed by atoms with van der Waals surface area (Å²) in [7, 11) is 1.31. The first kappa shape index (κ1) is 11.3. The lowest BCUT2D eigenvalue weighted by atomic mass is 10.1. The highest BCUT2D eigenvalue weighted by Crippen LogP contribution is 2.27. The van der Waals surface area contributed by atoms with Crippen molar-refractivity contribution >= 4 is 39.1 Å². The summed E-state index contributed by atoms with van der Waals surface area (Å²) in [5.41, 5.74) is 0.922. The highest BCUT2D eigenvalue weighted by Gasteiger charge is 2.12. The molecule has 0 saturated heterocycles. The van der Waals surface area contributed by atoms with E-state index in [4.69, 9.17) is 11.6 Å². The Hall–Kier alpha value is -0.800. The number of halogens is 2. The molecule has 2 nitrogen and oxygen atoms in total. The third-order valence-corrected chi connectivity index (χ3v) is 2.61. The Kier molecular flexibility index (Phi) is 3.72. The van der Waals surface area contributed by atoms with Crippen molar-refractivity contribution in [1.82, 2.24) is 0 Å². The molecule has 4 heteroatoms. The van der Waals surface area contributed by atoms with Crippen molar-refractivity contribution in [3.05, 3.63) is 39.8 Å². The van der Waals surface area contributed by atoms with E-state index in [1.165, 1.54) is 7.11 Å². The standard InChI is InChI=1S/C10H8BrClO2/c1-6(10(13)14-2)8-5-7(12)3-4-9(8)11/h3-5H,1H2,2H3. The van der Waals surface area contributed by atoms with E-state index in [2.05, 4.69) is 27.2 Å². The number of carbonyl (C=O) groups excluding carboxylic acids is 1. The van der Waals surface area contributed by atoms with E-state index in [-0.39, 0.29) is 5.57 Å². The van der Waals surface area contributed by atoms with Crippen LogP contribution >= 0.6 is 27.5 Å². The van der Waals surface area contributed by atoms with Gasteiger partial charge in [0.1, 0.15) is 0 Å². The van der Waals surface area contributed by atoms with Gasteiger partial charge in [-0.2, -0.15) is 0 Å². The summed E-state index contributed by atoms with van der Waals surface area (Å²) < 4.78 is 5.32. The number of ether oxygens (including phenoxy) is 1. The Labute approximate surface area is 95.6 Å². The molecule has 1 aromatic carbocycles. The molecular weight excluding hydrogens is 267 g/mol. The average molecular weight is 276 g/mol. The van der Waals surface area contributed by atoms with Crippen LogP contribution in [0.3, 0.4) is 0 Å². The van der Waals surface area contributed by atoms with Crippen molar-refractivity contribution in [1.29, 1.82) is 0 Å². The van der Waals surface area contributed by atoms with Gasteiger partial charge in [0.25, 0.3) is 0 Å². The first-order valence-corrected chi connectivity index (χ1v) is 4.96. The van der Waals surface area contributed by atoms with Crippen LogP contribution < -0.4 is 0 Å². The maximum absolute atomic E-state index is 11.2. The number of hydrogen-bond donors (Lipinski definition) is 0. The van der Waals surface area contributed by atoms with Crippen molar-refractivity contribution < 1.29 is 9.53 Å². The SMILES string of the molecule is C=C(C(=O)OC)c1cc(Cl)ccc1Br. The first-order chi connectivity index (χ1) is 6.56. The minimum atomic E-state index is -0.465. The Bertz CT molecular complexity index is 388. The summed E-state index contributed by atoms with van der Waals surface area (Å²) in [6, 6.07) is 5.14. The van der Waals surface area contributed by atoms with Gasteiger partial charge in [0.05, 0.1) is 12.7 Å². The van der Waals surface area contributed by atoms with E-state index < -0.39 is 5.97 Å². The Morgan fingerprint density at radius 3 is 2.79 bits per heavy atom. The minimum absolute atomic E-state index is 0.280. The van der Waals surface area contributed by atoms with Crippen LogP contribution in [0.1, 0.15) is 5.56 Å². The molecule has 0 aliphatic rings. The van der Waals surface area contributed by atoms with Crippen LogP contribution in [0.4, 0.5) is 0 Å². The van der Waals surface area contributed by atoms with E-state index >= 15 is 0 Å². The quantitative estimate of drug-likeness (QED) is 0.611. The molecule has 0 heterocycles.